The Balaban J connectivity index is 1.85. The Kier molecular flexibility index (Phi) is 2.99. The molecule has 3 heteroatoms. The summed E-state index contributed by atoms with van der Waals surface area (Å²) in [5.41, 5.74) is 4.54. The van der Waals surface area contributed by atoms with Crippen LogP contribution in [-0.2, 0) is 12.8 Å². The van der Waals surface area contributed by atoms with E-state index in [1.807, 2.05) is 24.3 Å². The number of hydrogen-bond acceptors (Lipinski definition) is 3. The van der Waals surface area contributed by atoms with Crippen LogP contribution in [0, 0.1) is 0 Å². The topological polar surface area (TPSA) is 45.2 Å². The molecular weight excluding hydrogens is 224 g/mol. The fraction of sp³-hybridized carbons (Fsp3) is 0.267. The number of rotatable bonds is 3. The first-order chi connectivity index (χ1) is 8.84. The van der Waals surface area contributed by atoms with Crippen molar-refractivity contribution in [2.45, 2.75) is 18.9 Å². The van der Waals surface area contributed by atoms with Crippen molar-refractivity contribution in [3.05, 3.63) is 59.4 Å². The molecule has 1 aliphatic heterocycles. The maximum atomic E-state index is 10.4. The molecule has 1 aliphatic rings. The summed E-state index contributed by atoms with van der Waals surface area (Å²) in [7, 11) is 0. The van der Waals surface area contributed by atoms with E-state index < -0.39 is 6.10 Å². The first-order valence-corrected chi connectivity index (χ1v) is 6.27. The fourth-order valence-electron chi connectivity index (χ4n) is 2.50. The van der Waals surface area contributed by atoms with Crippen LogP contribution in [0.4, 0.5) is 5.69 Å². The predicted molar refractivity (Wildman–Crippen MR) is 71.5 cm³/mol. The highest BCUT2D eigenvalue weighted by Gasteiger charge is 2.18. The zero-order valence-electron chi connectivity index (χ0n) is 10.1. The van der Waals surface area contributed by atoms with Gasteiger partial charge in [-0.2, -0.15) is 0 Å². The Morgan fingerprint density at radius 3 is 2.89 bits per heavy atom. The van der Waals surface area contributed by atoms with Gasteiger partial charge in [0.15, 0.2) is 0 Å². The summed E-state index contributed by atoms with van der Waals surface area (Å²) in [5, 5.41) is 13.7. The van der Waals surface area contributed by atoms with E-state index in [1.54, 1.807) is 12.4 Å². The van der Waals surface area contributed by atoms with Crippen LogP contribution in [0.15, 0.2) is 42.7 Å². The molecule has 0 aliphatic carbocycles. The van der Waals surface area contributed by atoms with Gasteiger partial charge in [-0.1, -0.05) is 18.2 Å². The molecule has 0 spiro atoms. The fourth-order valence-corrected chi connectivity index (χ4v) is 2.50. The van der Waals surface area contributed by atoms with Crippen LogP contribution < -0.4 is 5.32 Å². The van der Waals surface area contributed by atoms with Crippen molar-refractivity contribution in [1.29, 1.82) is 0 Å². The molecule has 2 aromatic rings. The van der Waals surface area contributed by atoms with Gasteiger partial charge in [-0.25, -0.2) is 0 Å². The Morgan fingerprint density at radius 1 is 1.22 bits per heavy atom. The third kappa shape index (κ3) is 2.09. The van der Waals surface area contributed by atoms with Gasteiger partial charge in [-0.15, -0.1) is 0 Å². The summed E-state index contributed by atoms with van der Waals surface area (Å²) >= 11 is 0. The monoisotopic (exact) mass is 240 g/mol. The number of aromatic nitrogens is 1. The van der Waals surface area contributed by atoms with Gasteiger partial charge in [-0.05, 0) is 29.7 Å². The lowest BCUT2D eigenvalue weighted by atomic mass is 9.98. The maximum Gasteiger partial charge on any atom is 0.0850 e. The Morgan fingerprint density at radius 2 is 2.06 bits per heavy atom. The molecule has 0 fully saturated rings. The van der Waals surface area contributed by atoms with Gasteiger partial charge < -0.3 is 10.4 Å². The van der Waals surface area contributed by atoms with Crippen LogP contribution in [-0.4, -0.2) is 16.6 Å². The minimum absolute atomic E-state index is 0.465. The molecule has 2 heterocycles. The van der Waals surface area contributed by atoms with Crippen LogP contribution in [0.2, 0.25) is 0 Å². The molecule has 3 rings (SSSR count). The second-order valence-electron chi connectivity index (χ2n) is 4.63. The predicted octanol–water partition coefficient (Wildman–Crippen LogP) is 2.33. The molecule has 1 aromatic carbocycles. The molecule has 2 N–H and O–H groups in total. The summed E-state index contributed by atoms with van der Waals surface area (Å²) in [6.07, 6.45) is 4.73. The summed E-state index contributed by atoms with van der Waals surface area (Å²) in [4.78, 5) is 3.99. The molecule has 0 bridgehead atoms. The Bertz CT molecular complexity index is 539. The van der Waals surface area contributed by atoms with Gasteiger partial charge >= 0.3 is 0 Å². The van der Waals surface area contributed by atoms with Crippen molar-refractivity contribution < 1.29 is 5.11 Å². The van der Waals surface area contributed by atoms with Crippen molar-refractivity contribution in [2.75, 3.05) is 11.9 Å². The lowest BCUT2D eigenvalue weighted by Crippen LogP contribution is -2.05. The molecule has 0 amide bonds. The van der Waals surface area contributed by atoms with E-state index >= 15 is 0 Å². The van der Waals surface area contributed by atoms with Gasteiger partial charge in [0.25, 0.3) is 0 Å². The second-order valence-corrected chi connectivity index (χ2v) is 4.63. The molecule has 0 saturated heterocycles. The van der Waals surface area contributed by atoms with Gasteiger partial charge in [0.2, 0.25) is 0 Å². The highest BCUT2D eigenvalue weighted by molar-refractivity contribution is 5.62. The second kappa shape index (κ2) is 4.78. The number of aliphatic hydroxyl groups excluding tert-OH is 1. The smallest absolute Gasteiger partial charge is 0.0850 e. The molecule has 18 heavy (non-hydrogen) atoms. The quantitative estimate of drug-likeness (QED) is 0.865. The molecule has 0 saturated carbocycles. The van der Waals surface area contributed by atoms with E-state index in [1.165, 1.54) is 5.56 Å². The van der Waals surface area contributed by atoms with Gasteiger partial charge in [0, 0.05) is 36.6 Å². The molecule has 92 valence electrons. The number of para-hydroxylation sites is 1. The maximum absolute atomic E-state index is 10.4. The standard InChI is InChI=1S/C15H16N2O/c18-14(10-11-4-7-16-8-5-11)13-3-1-2-12-6-9-17-15(12)13/h1-5,7-8,14,17-18H,6,9-10H2. The van der Waals surface area contributed by atoms with Crippen LogP contribution in [0.1, 0.15) is 22.8 Å². The summed E-state index contributed by atoms with van der Waals surface area (Å²) in [5.74, 6) is 0. The highest BCUT2D eigenvalue weighted by atomic mass is 16.3. The van der Waals surface area contributed by atoms with Crippen LogP contribution in [0.3, 0.4) is 0 Å². The van der Waals surface area contributed by atoms with Gasteiger partial charge in [-0.3, -0.25) is 4.98 Å². The lowest BCUT2D eigenvalue weighted by Gasteiger charge is -2.15. The van der Waals surface area contributed by atoms with E-state index in [2.05, 4.69) is 16.4 Å². The van der Waals surface area contributed by atoms with Crippen molar-refractivity contribution in [2.24, 2.45) is 0 Å². The number of aliphatic hydroxyl groups is 1. The minimum atomic E-state index is -0.465. The third-order valence-electron chi connectivity index (χ3n) is 3.42. The van der Waals surface area contributed by atoms with Crippen molar-refractivity contribution in [3.63, 3.8) is 0 Å². The number of pyridine rings is 1. The lowest BCUT2D eigenvalue weighted by molar-refractivity contribution is 0.179. The van der Waals surface area contributed by atoms with Crippen LogP contribution in [0.5, 0.6) is 0 Å². The van der Waals surface area contributed by atoms with Crippen LogP contribution >= 0.6 is 0 Å². The van der Waals surface area contributed by atoms with Crippen molar-refractivity contribution in [1.82, 2.24) is 4.98 Å². The largest absolute Gasteiger partial charge is 0.388 e. The number of nitrogens with zero attached hydrogens (tertiary/aromatic N) is 1. The summed E-state index contributed by atoms with van der Waals surface area (Å²) < 4.78 is 0. The van der Waals surface area contributed by atoms with Gasteiger partial charge in [0.05, 0.1) is 6.10 Å². The van der Waals surface area contributed by atoms with Gasteiger partial charge in [0.1, 0.15) is 0 Å². The van der Waals surface area contributed by atoms with Crippen molar-refractivity contribution in [3.8, 4) is 0 Å². The summed E-state index contributed by atoms with van der Waals surface area (Å²) in [6.45, 7) is 0.967. The average molecular weight is 240 g/mol. The SMILES string of the molecule is OC(Cc1ccncc1)c1cccc2c1NCC2. The molecule has 3 nitrogen and oxygen atoms in total. The average Bonchev–Trinajstić information content (AvgIpc) is 2.87. The molecule has 1 atom stereocenters. The van der Waals surface area contributed by atoms with E-state index in [0.29, 0.717) is 6.42 Å². The van der Waals surface area contributed by atoms with E-state index in [0.717, 1.165) is 29.8 Å². The normalized spacial score (nSPS) is 14.9. The Labute approximate surface area is 107 Å². The third-order valence-corrected chi connectivity index (χ3v) is 3.42. The van der Waals surface area contributed by atoms with Crippen molar-refractivity contribution >= 4 is 5.69 Å². The number of anilines is 1. The van der Waals surface area contributed by atoms with Crippen LogP contribution in [0.25, 0.3) is 0 Å². The first kappa shape index (κ1) is 11.2. The highest BCUT2D eigenvalue weighted by Crippen LogP contribution is 2.32. The number of benzene rings is 1. The summed E-state index contributed by atoms with van der Waals surface area (Å²) in [6, 6.07) is 10.0. The number of fused-ring (bicyclic) bond motifs is 1. The molecule has 1 aromatic heterocycles. The van der Waals surface area contributed by atoms with E-state index in [-0.39, 0.29) is 0 Å². The first-order valence-electron chi connectivity index (χ1n) is 6.27. The number of nitrogens with one attached hydrogen (secondary N) is 1. The van der Waals surface area contributed by atoms with E-state index in [9.17, 15) is 5.11 Å². The molecular formula is C15H16N2O. The zero-order chi connectivity index (χ0) is 12.4. The Hall–Kier alpha value is -1.87. The minimum Gasteiger partial charge on any atom is -0.388 e. The van der Waals surface area contributed by atoms with E-state index in [4.69, 9.17) is 0 Å². The molecule has 1 unspecified atom stereocenters. The zero-order valence-corrected chi connectivity index (χ0v) is 10.1. The molecule has 0 radical (unpaired) electrons. The number of hydrogen-bond donors (Lipinski definition) is 2.